The molecule has 122 valence electrons. The van der Waals surface area contributed by atoms with Crippen LogP contribution >= 0.6 is 23.2 Å². The minimum Gasteiger partial charge on any atom is -0.496 e. The quantitative estimate of drug-likeness (QED) is 0.843. The average molecular weight is 354 g/mol. The van der Waals surface area contributed by atoms with Crippen molar-refractivity contribution in [2.24, 2.45) is 0 Å². The Balaban J connectivity index is 1.94. The van der Waals surface area contributed by atoms with E-state index in [-0.39, 0.29) is 18.6 Å². The molecule has 1 amide bonds. The smallest absolute Gasteiger partial charge is 0.258 e. The number of methoxy groups -OCH3 is 1. The Bertz CT molecular complexity index is 671. The molecular weight excluding hydrogens is 337 g/mol. The summed E-state index contributed by atoms with van der Waals surface area (Å²) in [7, 11) is 1.60. The number of nitrogens with one attached hydrogen (secondary N) is 1. The van der Waals surface area contributed by atoms with Gasteiger partial charge in [-0.25, -0.2) is 0 Å². The highest BCUT2D eigenvalue weighted by molar-refractivity contribution is 6.34. The predicted molar refractivity (Wildman–Crippen MR) is 91.5 cm³/mol. The van der Waals surface area contributed by atoms with Crippen LogP contribution in [0.1, 0.15) is 18.5 Å². The molecule has 4 nitrogen and oxygen atoms in total. The number of para-hydroxylation sites is 1. The summed E-state index contributed by atoms with van der Waals surface area (Å²) >= 11 is 11.8. The van der Waals surface area contributed by atoms with Gasteiger partial charge in [0.2, 0.25) is 0 Å². The van der Waals surface area contributed by atoms with Crippen LogP contribution in [0.5, 0.6) is 11.5 Å². The fraction of sp³-hybridized carbons (Fsp3) is 0.235. The first-order valence-corrected chi connectivity index (χ1v) is 7.76. The maximum atomic E-state index is 12.0. The molecule has 0 saturated carbocycles. The first-order valence-electron chi connectivity index (χ1n) is 7.00. The zero-order valence-corrected chi connectivity index (χ0v) is 14.3. The van der Waals surface area contributed by atoms with Crippen LogP contribution in [0, 0.1) is 0 Å². The molecule has 0 aliphatic carbocycles. The van der Waals surface area contributed by atoms with Crippen molar-refractivity contribution < 1.29 is 14.3 Å². The van der Waals surface area contributed by atoms with E-state index in [1.54, 1.807) is 25.3 Å². The lowest BCUT2D eigenvalue weighted by Crippen LogP contribution is -2.31. The Morgan fingerprint density at radius 2 is 1.83 bits per heavy atom. The Morgan fingerprint density at radius 3 is 2.48 bits per heavy atom. The fourth-order valence-corrected chi connectivity index (χ4v) is 2.65. The molecule has 23 heavy (non-hydrogen) atoms. The molecule has 2 rings (SSSR count). The van der Waals surface area contributed by atoms with E-state index < -0.39 is 0 Å². The van der Waals surface area contributed by atoms with Gasteiger partial charge in [0.15, 0.2) is 6.61 Å². The highest BCUT2D eigenvalue weighted by Crippen LogP contribution is 2.25. The van der Waals surface area contributed by atoms with E-state index in [9.17, 15) is 4.79 Å². The summed E-state index contributed by atoms with van der Waals surface area (Å²) in [6.45, 7) is 1.75. The van der Waals surface area contributed by atoms with Gasteiger partial charge in [-0.3, -0.25) is 4.79 Å². The third kappa shape index (κ3) is 5.05. The molecule has 2 aromatic carbocycles. The van der Waals surface area contributed by atoms with E-state index in [1.165, 1.54) is 0 Å². The van der Waals surface area contributed by atoms with Crippen molar-refractivity contribution in [2.45, 2.75) is 13.0 Å². The van der Waals surface area contributed by atoms with Gasteiger partial charge in [0.25, 0.3) is 5.91 Å². The van der Waals surface area contributed by atoms with Gasteiger partial charge in [0, 0.05) is 15.6 Å². The molecule has 0 fully saturated rings. The summed E-state index contributed by atoms with van der Waals surface area (Å²) in [6, 6.07) is 12.1. The summed E-state index contributed by atoms with van der Waals surface area (Å²) < 4.78 is 10.7. The largest absolute Gasteiger partial charge is 0.496 e. The standard InChI is InChI=1S/C17H17Cl2NO3/c1-11(15-5-3-4-6-16(15)22-2)20-17(21)10-23-14-8-12(18)7-13(19)9-14/h3-9,11H,10H2,1-2H3,(H,20,21). The van der Waals surface area contributed by atoms with Crippen LogP contribution < -0.4 is 14.8 Å². The van der Waals surface area contributed by atoms with Crippen molar-refractivity contribution in [3.8, 4) is 11.5 Å². The lowest BCUT2D eigenvalue weighted by atomic mass is 10.1. The number of hydrogen-bond acceptors (Lipinski definition) is 3. The SMILES string of the molecule is COc1ccccc1C(C)NC(=O)COc1cc(Cl)cc(Cl)c1. The van der Waals surface area contributed by atoms with Crippen molar-refractivity contribution >= 4 is 29.1 Å². The van der Waals surface area contributed by atoms with E-state index in [4.69, 9.17) is 32.7 Å². The van der Waals surface area contributed by atoms with Crippen molar-refractivity contribution in [3.05, 3.63) is 58.1 Å². The summed E-state index contributed by atoms with van der Waals surface area (Å²) in [5.74, 6) is 0.921. The van der Waals surface area contributed by atoms with Gasteiger partial charge >= 0.3 is 0 Å². The number of halogens is 2. The van der Waals surface area contributed by atoms with Crippen LogP contribution in [0.4, 0.5) is 0 Å². The molecule has 0 radical (unpaired) electrons. The molecule has 1 unspecified atom stereocenters. The number of hydrogen-bond donors (Lipinski definition) is 1. The van der Waals surface area contributed by atoms with Crippen LogP contribution in [0.25, 0.3) is 0 Å². The minimum atomic E-state index is -0.250. The first kappa shape index (κ1) is 17.4. The van der Waals surface area contributed by atoms with Gasteiger partial charge < -0.3 is 14.8 Å². The second kappa shape index (κ2) is 8.09. The maximum absolute atomic E-state index is 12.0. The van der Waals surface area contributed by atoms with Crippen molar-refractivity contribution in [3.63, 3.8) is 0 Å². The number of benzene rings is 2. The zero-order valence-electron chi connectivity index (χ0n) is 12.8. The van der Waals surface area contributed by atoms with Gasteiger partial charge in [-0.15, -0.1) is 0 Å². The second-order valence-electron chi connectivity index (χ2n) is 4.92. The monoisotopic (exact) mass is 353 g/mol. The number of amides is 1. The fourth-order valence-electron chi connectivity index (χ4n) is 2.15. The molecular formula is C17H17Cl2NO3. The normalized spacial score (nSPS) is 11.7. The summed E-state index contributed by atoms with van der Waals surface area (Å²) in [4.78, 5) is 12.0. The topological polar surface area (TPSA) is 47.6 Å². The van der Waals surface area contributed by atoms with Gasteiger partial charge in [-0.1, -0.05) is 41.4 Å². The minimum absolute atomic E-state index is 0.129. The second-order valence-corrected chi connectivity index (χ2v) is 5.80. The van der Waals surface area contributed by atoms with Crippen LogP contribution in [0.2, 0.25) is 10.0 Å². The van der Waals surface area contributed by atoms with Crippen molar-refractivity contribution in [1.29, 1.82) is 0 Å². The third-order valence-corrected chi connectivity index (χ3v) is 3.63. The Hall–Kier alpha value is -1.91. The van der Waals surface area contributed by atoms with Gasteiger partial charge in [0.1, 0.15) is 11.5 Å². The van der Waals surface area contributed by atoms with Crippen LogP contribution in [0.3, 0.4) is 0 Å². The highest BCUT2D eigenvalue weighted by atomic mass is 35.5. The van der Waals surface area contributed by atoms with Crippen LogP contribution in [-0.4, -0.2) is 19.6 Å². The summed E-state index contributed by atoms with van der Waals surface area (Å²) in [5, 5.41) is 3.77. The molecule has 0 saturated heterocycles. The van der Waals surface area contributed by atoms with Gasteiger partial charge in [0.05, 0.1) is 13.2 Å². The molecule has 1 N–H and O–H groups in total. The lowest BCUT2D eigenvalue weighted by Gasteiger charge is -2.17. The Labute approximate surface area is 145 Å². The van der Waals surface area contributed by atoms with Crippen molar-refractivity contribution in [2.75, 3.05) is 13.7 Å². The van der Waals surface area contributed by atoms with Gasteiger partial charge in [-0.05, 0) is 31.2 Å². The lowest BCUT2D eigenvalue weighted by molar-refractivity contribution is -0.123. The predicted octanol–water partition coefficient (Wildman–Crippen LogP) is 4.26. The molecule has 0 spiro atoms. The molecule has 0 aliphatic rings. The average Bonchev–Trinajstić information content (AvgIpc) is 2.52. The van der Waals surface area contributed by atoms with Gasteiger partial charge in [-0.2, -0.15) is 0 Å². The van der Waals surface area contributed by atoms with E-state index in [0.29, 0.717) is 15.8 Å². The molecule has 6 heteroatoms. The van der Waals surface area contributed by atoms with E-state index in [1.807, 2.05) is 31.2 Å². The highest BCUT2D eigenvalue weighted by Gasteiger charge is 2.14. The zero-order chi connectivity index (χ0) is 16.8. The number of rotatable bonds is 6. The molecule has 0 bridgehead atoms. The summed E-state index contributed by atoms with van der Waals surface area (Å²) in [6.07, 6.45) is 0. The number of carbonyl (C=O) groups excluding carboxylic acids is 1. The molecule has 0 aromatic heterocycles. The molecule has 0 aliphatic heterocycles. The first-order chi connectivity index (χ1) is 11.0. The summed E-state index contributed by atoms with van der Waals surface area (Å²) in [5.41, 5.74) is 0.897. The molecule has 2 aromatic rings. The molecule has 0 heterocycles. The number of ether oxygens (including phenoxy) is 2. The van der Waals surface area contributed by atoms with E-state index in [0.717, 1.165) is 11.3 Å². The van der Waals surface area contributed by atoms with Crippen molar-refractivity contribution in [1.82, 2.24) is 5.32 Å². The molecule has 1 atom stereocenters. The third-order valence-electron chi connectivity index (χ3n) is 3.19. The van der Waals surface area contributed by atoms with E-state index >= 15 is 0 Å². The number of carbonyl (C=O) groups is 1. The van der Waals surface area contributed by atoms with E-state index in [2.05, 4.69) is 5.32 Å². The van der Waals surface area contributed by atoms with Crippen LogP contribution in [0.15, 0.2) is 42.5 Å². The Kier molecular flexibility index (Phi) is 6.13. The van der Waals surface area contributed by atoms with Crippen LogP contribution in [-0.2, 0) is 4.79 Å². The maximum Gasteiger partial charge on any atom is 0.258 e. The Morgan fingerprint density at radius 1 is 1.17 bits per heavy atom.